The predicted molar refractivity (Wildman–Crippen MR) is 96.9 cm³/mol. The van der Waals surface area contributed by atoms with Crippen molar-refractivity contribution in [1.82, 2.24) is 15.1 Å². The molecule has 1 aliphatic rings. The summed E-state index contributed by atoms with van der Waals surface area (Å²) in [5.74, 6) is -0.106. The molecule has 1 aromatic heterocycles. The van der Waals surface area contributed by atoms with Crippen molar-refractivity contribution in [3.05, 3.63) is 35.1 Å². The fourth-order valence-corrected chi connectivity index (χ4v) is 4.45. The lowest BCUT2D eigenvalue weighted by Crippen LogP contribution is -2.45. The molecule has 0 bridgehead atoms. The molecule has 0 spiro atoms. The van der Waals surface area contributed by atoms with E-state index in [2.05, 4.69) is 15.5 Å². The van der Waals surface area contributed by atoms with E-state index in [1.807, 2.05) is 6.92 Å². The molecule has 138 valence electrons. The van der Waals surface area contributed by atoms with E-state index in [9.17, 15) is 14.0 Å². The van der Waals surface area contributed by atoms with Crippen LogP contribution in [-0.4, -0.2) is 46.5 Å². The molecule has 7 nitrogen and oxygen atoms in total. The lowest BCUT2D eigenvalue weighted by atomic mass is 9.92. The van der Waals surface area contributed by atoms with Gasteiger partial charge in [0.1, 0.15) is 11.9 Å². The zero-order valence-corrected chi connectivity index (χ0v) is 15.8. The third-order valence-corrected chi connectivity index (χ3v) is 5.75. The highest BCUT2D eigenvalue weighted by molar-refractivity contribution is 8.01. The molecular formula is C16H17FN4O3S2. The number of benzene rings is 1. The quantitative estimate of drug-likeness (QED) is 0.632. The first-order valence-electron chi connectivity index (χ1n) is 7.93. The largest absolute Gasteiger partial charge is 0.453 e. The number of carbonyl (C=O) groups excluding carboxylic acids is 2. The summed E-state index contributed by atoms with van der Waals surface area (Å²) in [6.07, 6.45) is -0.121. The molecule has 0 radical (unpaired) electrons. The number of hydrogen-bond acceptors (Lipinski definition) is 7. The van der Waals surface area contributed by atoms with Gasteiger partial charge in [-0.1, -0.05) is 36.1 Å². The van der Waals surface area contributed by atoms with Crippen LogP contribution in [0.2, 0.25) is 0 Å². The summed E-state index contributed by atoms with van der Waals surface area (Å²) in [5, 5.41) is 10.9. The standard InChI is InChI=1S/C16H17FN4O3S2/c1-3-25-15-20-19-14(26-15)18-13(22)12-11-8-10(17)5-4-9(11)6-7-21(12)16(23)24-2/h4-5,8,12H,3,6-7H2,1-2H3,(H,18,19,22)/t12-/m1/s1. The molecule has 0 aliphatic carbocycles. The van der Waals surface area contributed by atoms with Gasteiger partial charge in [0.2, 0.25) is 5.13 Å². The Hall–Kier alpha value is -2.20. The SMILES string of the molecule is CCSc1nnc(NC(=O)[C@H]2c3cc(F)ccc3CCN2C(=O)OC)s1. The maximum absolute atomic E-state index is 13.8. The van der Waals surface area contributed by atoms with E-state index in [1.165, 1.54) is 47.2 Å². The van der Waals surface area contributed by atoms with E-state index in [1.54, 1.807) is 6.07 Å². The van der Waals surface area contributed by atoms with E-state index in [4.69, 9.17) is 4.74 Å². The Balaban J connectivity index is 1.90. The van der Waals surface area contributed by atoms with Crippen LogP contribution in [-0.2, 0) is 16.0 Å². The van der Waals surface area contributed by atoms with Gasteiger partial charge < -0.3 is 4.74 Å². The predicted octanol–water partition coefficient (Wildman–Crippen LogP) is 3.09. The molecule has 0 saturated heterocycles. The molecule has 2 amide bonds. The minimum absolute atomic E-state index is 0.302. The number of nitrogens with one attached hydrogen (secondary N) is 1. The summed E-state index contributed by atoms with van der Waals surface area (Å²) in [6, 6.07) is 3.28. The molecule has 1 atom stereocenters. The average molecular weight is 396 g/mol. The number of anilines is 1. The zero-order chi connectivity index (χ0) is 18.7. The molecule has 0 fully saturated rings. The number of fused-ring (bicyclic) bond motifs is 1. The van der Waals surface area contributed by atoms with Crippen LogP contribution in [0.5, 0.6) is 0 Å². The minimum Gasteiger partial charge on any atom is -0.453 e. The number of hydrogen-bond donors (Lipinski definition) is 1. The summed E-state index contributed by atoms with van der Waals surface area (Å²) in [6.45, 7) is 2.29. The average Bonchev–Trinajstić information content (AvgIpc) is 3.07. The van der Waals surface area contributed by atoms with Gasteiger partial charge in [-0.3, -0.25) is 15.0 Å². The summed E-state index contributed by atoms with van der Waals surface area (Å²) in [7, 11) is 1.25. The van der Waals surface area contributed by atoms with Crippen molar-refractivity contribution < 1.29 is 18.7 Å². The van der Waals surface area contributed by atoms with Gasteiger partial charge in [-0.05, 0) is 35.4 Å². The first-order valence-corrected chi connectivity index (χ1v) is 9.73. The lowest BCUT2D eigenvalue weighted by Gasteiger charge is -2.35. The second kappa shape index (κ2) is 8.00. The maximum Gasteiger partial charge on any atom is 0.410 e. The number of rotatable bonds is 4. The summed E-state index contributed by atoms with van der Waals surface area (Å²) >= 11 is 2.77. The Labute approximate surface area is 157 Å². The Morgan fingerprint density at radius 1 is 1.46 bits per heavy atom. The molecule has 1 aromatic carbocycles. The van der Waals surface area contributed by atoms with Crippen molar-refractivity contribution in [1.29, 1.82) is 0 Å². The Morgan fingerprint density at radius 2 is 2.27 bits per heavy atom. The Kier molecular flexibility index (Phi) is 5.72. The topological polar surface area (TPSA) is 84.4 Å². The Morgan fingerprint density at radius 3 is 3.00 bits per heavy atom. The van der Waals surface area contributed by atoms with Crippen molar-refractivity contribution in [3.63, 3.8) is 0 Å². The van der Waals surface area contributed by atoms with Crippen LogP contribution in [0.1, 0.15) is 24.1 Å². The highest BCUT2D eigenvalue weighted by Crippen LogP contribution is 2.33. The fourth-order valence-electron chi connectivity index (χ4n) is 2.80. The zero-order valence-electron chi connectivity index (χ0n) is 14.2. The van der Waals surface area contributed by atoms with Crippen molar-refractivity contribution in [3.8, 4) is 0 Å². The van der Waals surface area contributed by atoms with Crippen LogP contribution in [0.15, 0.2) is 22.5 Å². The summed E-state index contributed by atoms with van der Waals surface area (Å²) < 4.78 is 19.3. The third kappa shape index (κ3) is 3.80. The molecular weight excluding hydrogens is 379 g/mol. The molecule has 1 aliphatic heterocycles. The number of methoxy groups -OCH3 is 1. The highest BCUT2D eigenvalue weighted by atomic mass is 32.2. The normalized spacial score (nSPS) is 16.1. The van der Waals surface area contributed by atoms with Gasteiger partial charge >= 0.3 is 6.09 Å². The van der Waals surface area contributed by atoms with Crippen molar-refractivity contribution in [2.24, 2.45) is 0 Å². The molecule has 10 heteroatoms. The number of halogens is 1. The van der Waals surface area contributed by atoms with Gasteiger partial charge in [0.15, 0.2) is 4.34 Å². The van der Waals surface area contributed by atoms with Crippen molar-refractivity contribution in [2.45, 2.75) is 23.7 Å². The van der Waals surface area contributed by atoms with Gasteiger partial charge in [-0.15, -0.1) is 10.2 Å². The molecule has 0 saturated carbocycles. The number of thioether (sulfide) groups is 1. The van der Waals surface area contributed by atoms with Crippen LogP contribution in [0.4, 0.5) is 14.3 Å². The third-order valence-electron chi connectivity index (χ3n) is 3.90. The minimum atomic E-state index is -0.993. The van der Waals surface area contributed by atoms with E-state index >= 15 is 0 Å². The second-order valence-corrected chi connectivity index (χ2v) is 7.94. The maximum atomic E-state index is 13.8. The number of nitrogens with zero attached hydrogens (tertiary/aromatic N) is 3. The van der Waals surface area contributed by atoms with Crippen molar-refractivity contribution in [2.75, 3.05) is 24.7 Å². The smallest absolute Gasteiger partial charge is 0.410 e. The van der Waals surface area contributed by atoms with Gasteiger partial charge in [0.05, 0.1) is 7.11 Å². The summed E-state index contributed by atoms with van der Waals surface area (Å²) in [5.41, 5.74) is 1.28. The van der Waals surface area contributed by atoms with Crippen LogP contribution in [0, 0.1) is 5.82 Å². The Bertz CT molecular complexity index is 830. The molecule has 1 N–H and O–H groups in total. The number of aromatic nitrogens is 2. The van der Waals surface area contributed by atoms with E-state index in [0.717, 1.165) is 15.7 Å². The highest BCUT2D eigenvalue weighted by Gasteiger charge is 2.37. The van der Waals surface area contributed by atoms with Crippen LogP contribution in [0.3, 0.4) is 0 Å². The molecule has 26 heavy (non-hydrogen) atoms. The fraction of sp³-hybridized carbons (Fsp3) is 0.375. The molecule has 2 heterocycles. The van der Waals surface area contributed by atoms with Gasteiger partial charge in [-0.2, -0.15) is 0 Å². The van der Waals surface area contributed by atoms with E-state index in [-0.39, 0.29) is 0 Å². The van der Waals surface area contributed by atoms with Crippen LogP contribution in [0.25, 0.3) is 0 Å². The van der Waals surface area contributed by atoms with E-state index < -0.39 is 23.9 Å². The van der Waals surface area contributed by atoms with Gasteiger partial charge in [0.25, 0.3) is 5.91 Å². The molecule has 0 unspecified atom stereocenters. The number of amides is 2. The van der Waals surface area contributed by atoms with E-state index in [0.29, 0.717) is 23.7 Å². The number of ether oxygens (including phenoxy) is 1. The molecule has 2 aromatic rings. The van der Waals surface area contributed by atoms with Crippen LogP contribution < -0.4 is 5.32 Å². The van der Waals surface area contributed by atoms with Crippen LogP contribution >= 0.6 is 23.1 Å². The monoisotopic (exact) mass is 396 g/mol. The van der Waals surface area contributed by atoms with Crippen molar-refractivity contribution >= 4 is 40.2 Å². The number of carbonyl (C=O) groups is 2. The first-order chi connectivity index (χ1) is 12.5. The first kappa shape index (κ1) is 18.6. The van der Waals surface area contributed by atoms with Gasteiger partial charge in [0, 0.05) is 6.54 Å². The van der Waals surface area contributed by atoms with Gasteiger partial charge in [-0.25, -0.2) is 9.18 Å². The molecule has 3 rings (SSSR count). The second-order valence-electron chi connectivity index (χ2n) is 5.45. The summed E-state index contributed by atoms with van der Waals surface area (Å²) in [4.78, 5) is 26.3. The lowest BCUT2D eigenvalue weighted by molar-refractivity contribution is -0.121.